The van der Waals surface area contributed by atoms with E-state index in [-0.39, 0.29) is 41.1 Å². The number of carbonyl (C=O) groups is 1. The number of aromatic nitrogens is 2. The Bertz CT molecular complexity index is 915. The number of benzene rings is 1. The lowest BCUT2D eigenvalue weighted by Gasteiger charge is -2.16. The van der Waals surface area contributed by atoms with Gasteiger partial charge in [-0.3, -0.25) is 9.36 Å². The van der Waals surface area contributed by atoms with E-state index in [0.29, 0.717) is 23.5 Å². The van der Waals surface area contributed by atoms with Crippen molar-refractivity contribution in [3.63, 3.8) is 0 Å². The minimum atomic E-state index is -0.411. The van der Waals surface area contributed by atoms with E-state index >= 15 is 0 Å². The summed E-state index contributed by atoms with van der Waals surface area (Å²) in [7, 11) is 0. The van der Waals surface area contributed by atoms with Crippen molar-refractivity contribution >= 4 is 22.0 Å². The number of halogens is 2. The molecule has 2 aromatic rings. The second-order valence-corrected chi connectivity index (χ2v) is 7.25. The van der Waals surface area contributed by atoms with E-state index in [1.165, 1.54) is 12.1 Å². The number of ether oxygens (including phenoxy) is 1. The van der Waals surface area contributed by atoms with Crippen molar-refractivity contribution < 1.29 is 13.9 Å². The van der Waals surface area contributed by atoms with Crippen LogP contribution in [0.1, 0.15) is 43.8 Å². The fourth-order valence-electron chi connectivity index (χ4n) is 2.74. The van der Waals surface area contributed by atoms with E-state index in [0.717, 1.165) is 0 Å². The van der Waals surface area contributed by atoms with Gasteiger partial charge in [-0.2, -0.15) is 4.98 Å². The Morgan fingerprint density at radius 1 is 1.32 bits per heavy atom. The predicted molar refractivity (Wildman–Crippen MR) is 108 cm³/mol. The van der Waals surface area contributed by atoms with Crippen LogP contribution in [0.25, 0.3) is 0 Å². The van der Waals surface area contributed by atoms with Crippen molar-refractivity contribution in [2.24, 2.45) is 0 Å². The zero-order valence-electron chi connectivity index (χ0n) is 16.3. The Morgan fingerprint density at radius 3 is 2.68 bits per heavy atom. The molecule has 1 aromatic carbocycles. The van der Waals surface area contributed by atoms with Gasteiger partial charge < -0.3 is 15.4 Å². The van der Waals surface area contributed by atoms with Gasteiger partial charge in [-0.05, 0) is 66.9 Å². The second kappa shape index (κ2) is 9.68. The maximum Gasteiger partial charge on any atom is 0.315 e. The van der Waals surface area contributed by atoms with Gasteiger partial charge in [0.1, 0.15) is 22.7 Å². The molecule has 152 valence electrons. The minimum Gasteiger partial charge on any atom is -0.472 e. The summed E-state index contributed by atoms with van der Waals surface area (Å²) in [5.41, 5.74) is 1.03. The lowest BCUT2D eigenvalue weighted by Crippen LogP contribution is -2.35. The van der Waals surface area contributed by atoms with Crippen molar-refractivity contribution in [3.8, 4) is 5.88 Å². The van der Waals surface area contributed by atoms with Gasteiger partial charge in [-0.25, -0.2) is 9.18 Å². The monoisotopic (exact) mass is 454 g/mol. The third-order valence-electron chi connectivity index (χ3n) is 4.03. The van der Waals surface area contributed by atoms with Crippen LogP contribution in [-0.2, 0) is 13.2 Å². The summed E-state index contributed by atoms with van der Waals surface area (Å²) < 4.78 is 21.2. The summed E-state index contributed by atoms with van der Waals surface area (Å²) in [5.74, 6) is 0.299. The molecule has 0 unspecified atom stereocenters. The molecule has 28 heavy (non-hydrogen) atoms. The molecular weight excluding hydrogens is 431 g/mol. The van der Waals surface area contributed by atoms with E-state index in [1.54, 1.807) is 24.5 Å². The fraction of sp³-hybridized carbons (Fsp3) is 0.421. The molecule has 9 heteroatoms. The molecule has 0 bridgehead atoms. The molecule has 1 aromatic heterocycles. The largest absolute Gasteiger partial charge is 0.472 e. The maximum absolute atomic E-state index is 13.6. The summed E-state index contributed by atoms with van der Waals surface area (Å²) in [6, 6.07) is 3.87. The molecule has 0 spiro atoms. The average Bonchev–Trinajstić information content (AvgIpc) is 2.62. The predicted octanol–water partition coefficient (Wildman–Crippen LogP) is 3.43. The first-order chi connectivity index (χ1) is 13.2. The topological polar surface area (TPSA) is 85.2 Å². The normalized spacial score (nSPS) is 10.8. The highest BCUT2D eigenvalue weighted by molar-refractivity contribution is 9.10. The van der Waals surface area contributed by atoms with E-state index in [4.69, 9.17) is 4.74 Å². The van der Waals surface area contributed by atoms with Crippen molar-refractivity contribution in [2.45, 2.75) is 46.9 Å². The molecule has 0 aliphatic carbocycles. The molecule has 0 fully saturated rings. The summed E-state index contributed by atoms with van der Waals surface area (Å²) in [6.07, 6.45) is 0. The lowest BCUT2D eigenvalue weighted by molar-refractivity contribution is 0.240. The molecule has 2 amide bonds. The van der Waals surface area contributed by atoms with Crippen LogP contribution in [-0.4, -0.2) is 22.1 Å². The number of nitrogens with zero attached hydrogens (tertiary/aromatic N) is 2. The van der Waals surface area contributed by atoms with Gasteiger partial charge in [0.25, 0.3) is 5.56 Å². The number of urea groups is 1. The van der Waals surface area contributed by atoms with Crippen LogP contribution in [0.5, 0.6) is 5.88 Å². The molecule has 1 heterocycles. The van der Waals surface area contributed by atoms with Crippen molar-refractivity contribution in [3.05, 3.63) is 55.8 Å². The number of nitrogens with one attached hydrogen (secondary N) is 2. The van der Waals surface area contributed by atoms with Gasteiger partial charge in [-0.15, -0.1) is 0 Å². The van der Waals surface area contributed by atoms with Crippen LogP contribution in [0.2, 0.25) is 0 Å². The quantitative estimate of drug-likeness (QED) is 0.670. The SMILES string of the molecule is CCNC(=O)NCc1cc(F)ccc1COc1nc(C)n(C(C)C)c(=O)c1Br. The van der Waals surface area contributed by atoms with E-state index in [2.05, 4.69) is 31.5 Å². The van der Waals surface area contributed by atoms with Crippen molar-refractivity contribution in [2.75, 3.05) is 6.54 Å². The maximum atomic E-state index is 13.6. The summed E-state index contributed by atoms with van der Waals surface area (Å²) in [4.78, 5) is 28.5. The van der Waals surface area contributed by atoms with Crippen LogP contribution in [0.4, 0.5) is 9.18 Å². The summed E-state index contributed by atoms with van der Waals surface area (Å²) in [5, 5.41) is 5.28. The van der Waals surface area contributed by atoms with E-state index in [9.17, 15) is 14.0 Å². The molecular formula is C19H24BrFN4O3. The zero-order valence-corrected chi connectivity index (χ0v) is 17.9. The molecule has 0 saturated carbocycles. The van der Waals surface area contributed by atoms with Crippen molar-refractivity contribution in [1.82, 2.24) is 20.2 Å². The second-order valence-electron chi connectivity index (χ2n) is 6.46. The van der Waals surface area contributed by atoms with Crippen LogP contribution in [0.3, 0.4) is 0 Å². The first-order valence-electron chi connectivity index (χ1n) is 8.95. The van der Waals surface area contributed by atoms with E-state index in [1.807, 2.05) is 13.8 Å². The number of hydrogen-bond acceptors (Lipinski definition) is 4. The Labute approximate surface area is 171 Å². The highest BCUT2D eigenvalue weighted by atomic mass is 79.9. The third kappa shape index (κ3) is 5.31. The Kier molecular flexibility index (Phi) is 7.56. The molecule has 0 aliphatic heterocycles. The number of aryl methyl sites for hydroxylation is 1. The number of rotatable bonds is 7. The highest BCUT2D eigenvalue weighted by Crippen LogP contribution is 2.22. The third-order valence-corrected chi connectivity index (χ3v) is 4.71. The van der Waals surface area contributed by atoms with Crippen LogP contribution < -0.4 is 20.9 Å². The van der Waals surface area contributed by atoms with Crippen LogP contribution in [0, 0.1) is 12.7 Å². The average molecular weight is 455 g/mol. The summed E-state index contributed by atoms with van der Waals surface area (Å²) in [6.45, 7) is 8.05. The molecule has 0 radical (unpaired) electrons. The Balaban J connectivity index is 2.21. The number of amides is 2. The van der Waals surface area contributed by atoms with Crippen LogP contribution >= 0.6 is 15.9 Å². The van der Waals surface area contributed by atoms with Gasteiger partial charge in [-0.1, -0.05) is 6.07 Å². The number of carbonyl (C=O) groups excluding carboxylic acids is 1. The standard InChI is InChI=1S/C19H24BrFN4O3/c1-5-22-19(27)23-9-14-8-15(21)7-6-13(14)10-28-17-16(20)18(26)25(11(2)3)12(4)24-17/h6-8,11H,5,9-10H2,1-4H3,(H2,22,23,27). The molecule has 0 saturated heterocycles. The molecule has 7 nitrogen and oxygen atoms in total. The molecule has 2 N–H and O–H groups in total. The van der Waals surface area contributed by atoms with Gasteiger partial charge in [0.05, 0.1) is 0 Å². The molecule has 0 aliphatic rings. The van der Waals surface area contributed by atoms with Gasteiger partial charge in [0.2, 0.25) is 5.88 Å². The first-order valence-corrected chi connectivity index (χ1v) is 9.74. The van der Waals surface area contributed by atoms with Gasteiger partial charge in [0.15, 0.2) is 0 Å². The van der Waals surface area contributed by atoms with Crippen LogP contribution in [0.15, 0.2) is 27.5 Å². The highest BCUT2D eigenvalue weighted by Gasteiger charge is 2.16. The van der Waals surface area contributed by atoms with Gasteiger partial charge >= 0.3 is 6.03 Å². The minimum absolute atomic E-state index is 0.0330. The van der Waals surface area contributed by atoms with E-state index < -0.39 is 5.82 Å². The van der Waals surface area contributed by atoms with Gasteiger partial charge in [0, 0.05) is 19.1 Å². The fourth-order valence-corrected chi connectivity index (χ4v) is 3.14. The zero-order chi connectivity index (χ0) is 20.8. The first kappa shape index (κ1) is 21.9. The lowest BCUT2D eigenvalue weighted by atomic mass is 10.1. The molecule has 0 atom stereocenters. The smallest absolute Gasteiger partial charge is 0.315 e. The molecule has 2 rings (SSSR count). The number of hydrogen-bond donors (Lipinski definition) is 2. The summed E-state index contributed by atoms with van der Waals surface area (Å²) >= 11 is 3.26. The Hall–Kier alpha value is -2.42. The van der Waals surface area contributed by atoms with Crippen molar-refractivity contribution in [1.29, 1.82) is 0 Å². The Morgan fingerprint density at radius 2 is 2.04 bits per heavy atom.